The van der Waals surface area contributed by atoms with E-state index < -0.39 is 0 Å². The molecule has 1 fully saturated rings. The number of carbonyl (C=O) groups is 1. The van der Waals surface area contributed by atoms with Gasteiger partial charge in [0.2, 0.25) is 5.91 Å². The second kappa shape index (κ2) is 7.41. The predicted octanol–water partition coefficient (Wildman–Crippen LogP) is 2.11. The summed E-state index contributed by atoms with van der Waals surface area (Å²) in [5, 5.41) is 6.30. The van der Waals surface area contributed by atoms with E-state index in [2.05, 4.69) is 22.5 Å². The van der Waals surface area contributed by atoms with Crippen molar-refractivity contribution in [1.82, 2.24) is 10.3 Å². The lowest BCUT2D eigenvalue weighted by Gasteiger charge is -2.27. The largest absolute Gasteiger partial charge is 0.376 e. The molecule has 0 bridgehead atoms. The van der Waals surface area contributed by atoms with E-state index in [-0.39, 0.29) is 5.91 Å². The highest BCUT2D eigenvalue weighted by atomic mass is 16.1. The molecule has 0 aliphatic carbocycles. The molecule has 2 unspecified atom stereocenters. The second-order valence-electron chi connectivity index (χ2n) is 6.13. The van der Waals surface area contributed by atoms with Crippen LogP contribution in [0, 0.1) is 11.8 Å². The Hall–Kier alpha value is -1.62. The zero-order chi connectivity index (χ0) is 15.2. The lowest BCUT2D eigenvalue weighted by atomic mass is 9.85. The van der Waals surface area contributed by atoms with Gasteiger partial charge in [-0.15, -0.1) is 0 Å². The van der Waals surface area contributed by atoms with Gasteiger partial charge in [-0.05, 0) is 49.9 Å². The molecule has 0 aromatic carbocycles. The standard InChI is InChI=1S/C16H26N4O/c1-12(13-5-4-8-17-10-13)9-16(21)19-15-7-6-14(11-18-15)20(2)3/h6-7,11-13,17H,4-5,8-10H2,1-3H3,(H,18,19,21). The van der Waals surface area contributed by atoms with Gasteiger partial charge in [0.25, 0.3) is 0 Å². The number of hydrogen-bond donors (Lipinski definition) is 2. The Kier molecular flexibility index (Phi) is 5.56. The molecule has 2 atom stereocenters. The van der Waals surface area contributed by atoms with Gasteiger partial charge in [-0.3, -0.25) is 4.79 Å². The molecular formula is C16H26N4O. The number of rotatable bonds is 5. The van der Waals surface area contributed by atoms with Crippen LogP contribution in [0.3, 0.4) is 0 Å². The van der Waals surface area contributed by atoms with E-state index in [1.165, 1.54) is 12.8 Å². The van der Waals surface area contributed by atoms with Gasteiger partial charge in [0, 0.05) is 20.5 Å². The molecule has 116 valence electrons. The number of amides is 1. The lowest BCUT2D eigenvalue weighted by molar-refractivity contribution is -0.117. The van der Waals surface area contributed by atoms with Crippen molar-refractivity contribution >= 4 is 17.4 Å². The first kappa shape index (κ1) is 15.8. The monoisotopic (exact) mass is 290 g/mol. The summed E-state index contributed by atoms with van der Waals surface area (Å²) in [5.74, 6) is 1.69. The first-order chi connectivity index (χ1) is 10.1. The topological polar surface area (TPSA) is 57.3 Å². The van der Waals surface area contributed by atoms with Crippen LogP contribution in [0.5, 0.6) is 0 Å². The van der Waals surface area contributed by atoms with Crippen LogP contribution in [0.4, 0.5) is 11.5 Å². The number of aromatic nitrogens is 1. The van der Waals surface area contributed by atoms with E-state index in [1.54, 1.807) is 6.20 Å². The molecule has 1 saturated heterocycles. The molecule has 1 aromatic rings. The molecule has 2 N–H and O–H groups in total. The zero-order valence-electron chi connectivity index (χ0n) is 13.2. The van der Waals surface area contributed by atoms with Gasteiger partial charge in [0.05, 0.1) is 11.9 Å². The smallest absolute Gasteiger partial charge is 0.225 e. The minimum atomic E-state index is 0.0539. The van der Waals surface area contributed by atoms with Gasteiger partial charge in [0.15, 0.2) is 0 Å². The van der Waals surface area contributed by atoms with Crippen molar-refractivity contribution in [1.29, 1.82) is 0 Å². The van der Waals surface area contributed by atoms with Gasteiger partial charge in [0.1, 0.15) is 5.82 Å². The zero-order valence-corrected chi connectivity index (χ0v) is 13.2. The third-order valence-electron chi connectivity index (χ3n) is 4.18. The fourth-order valence-electron chi connectivity index (χ4n) is 2.74. The van der Waals surface area contributed by atoms with Crippen LogP contribution < -0.4 is 15.5 Å². The Labute approximate surface area is 127 Å². The Balaban J connectivity index is 1.83. The number of nitrogens with one attached hydrogen (secondary N) is 2. The van der Waals surface area contributed by atoms with Gasteiger partial charge < -0.3 is 15.5 Å². The van der Waals surface area contributed by atoms with Crippen molar-refractivity contribution in [3.8, 4) is 0 Å². The van der Waals surface area contributed by atoms with E-state index >= 15 is 0 Å². The maximum Gasteiger partial charge on any atom is 0.225 e. The van der Waals surface area contributed by atoms with Crippen LogP contribution in [0.25, 0.3) is 0 Å². The van der Waals surface area contributed by atoms with E-state index in [4.69, 9.17) is 0 Å². The van der Waals surface area contributed by atoms with Gasteiger partial charge in [-0.1, -0.05) is 6.92 Å². The molecule has 0 radical (unpaired) electrons. The summed E-state index contributed by atoms with van der Waals surface area (Å²) in [6.07, 6.45) is 4.76. The lowest BCUT2D eigenvalue weighted by Crippen LogP contribution is -2.34. The Morgan fingerprint density at radius 1 is 1.52 bits per heavy atom. The summed E-state index contributed by atoms with van der Waals surface area (Å²) in [7, 11) is 3.93. The van der Waals surface area contributed by atoms with Crippen molar-refractivity contribution in [3.63, 3.8) is 0 Å². The van der Waals surface area contributed by atoms with Crippen molar-refractivity contribution in [2.24, 2.45) is 11.8 Å². The Bertz CT molecular complexity index is 452. The van der Waals surface area contributed by atoms with Crippen LogP contribution >= 0.6 is 0 Å². The van der Waals surface area contributed by atoms with Crippen molar-refractivity contribution in [3.05, 3.63) is 18.3 Å². The summed E-state index contributed by atoms with van der Waals surface area (Å²) < 4.78 is 0. The molecule has 1 aromatic heterocycles. The summed E-state index contributed by atoms with van der Waals surface area (Å²) in [6.45, 7) is 4.31. The summed E-state index contributed by atoms with van der Waals surface area (Å²) in [4.78, 5) is 18.4. The number of hydrogen-bond acceptors (Lipinski definition) is 4. The molecule has 5 nitrogen and oxygen atoms in total. The van der Waals surface area contributed by atoms with Crippen LogP contribution in [0.2, 0.25) is 0 Å². The van der Waals surface area contributed by atoms with Gasteiger partial charge in [-0.2, -0.15) is 0 Å². The van der Waals surface area contributed by atoms with Crippen LogP contribution in [0.15, 0.2) is 18.3 Å². The molecular weight excluding hydrogens is 264 g/mol. The first-order valence-corrected chi connectivity index (χ1v) is 7.70. The molecule has 0 saturated carbocycles. The van der Waals surface area contributed by atoms with Crippen LogP contribution in [0.1, 0.15) is 26.2 Å². The Morgan fingerprint density at radius 2 is 2.33 bits per heavy atom. The van der Waals surface area contributed by atoms with E-state index in [0.717, 1.165) is 18.8 Å². The van der Waals surface area contributed by atoms with E-state index in [1.807, 2.05) is 31.1 Å². The molecule has 2 heterocycles. The maximum absolute atomic E-state index is 12.1. The minimum Gasteiger partial charge on any atom is -0.376 e. The summed E-state index contributed by atoms with van der Waals surface area (Å²) in [5.41, 5.74) is 1.02. The number of anilines is 2. The number of carbonyl (C=O) groups excluding carboxylic acids is 1. The summed E-state index contributed by atoms with van der Waals surface area (Å²) >= 11 is 0. The molecule has 1 amide bonds. The quantitative estimate of drug-likeness (QED) is 0.872. The van der Waals surface area contributed by atoms with Crippen molar-refractivity contribution in [2.75, 3.05) is 37.4 Å². The highest BCUT2D eigenvalue weighted by molar-refractivity contribution is 5.89. The molecule has 2 rings (SSSR count). The molecule has 5 heteroatoms. The third kappa shape index (κ3) is 4.70. The molecule has 1 aliphatic rings. The van der Waals surface area contributed by atoms with Crippen LogP contribution in [-0.2, 0) is 4.79 Å². The molecule has 0 spiro atoms. The number of piperidine rings is 1. The fraction of sp³-hybridized carbons (Fsp3) is 0.625. The van der Waals surface area contributed by atoms with Crippen LogP contribution in [-0.4, -0.2) is 38.1 Å². The number of nitrogens with zero attached hydrogens (tertiary/aromatic N) is 2. The second-order valence-corrected chi connectivity index (χ2v) is 6.13. The van der Waals surface area contributed by atoms with Crippen molar-refractivity contribution in [2.45, 2.75) is 26.2 Å². The third-order valence-corrected chi connectivity index (χ3v) is 4.18. The highest BCUT2D eigenvalue weighted by Crippen LogP contribution is 2.23. The van der Waals surface area contributed by atoms with E-state index in [0.29, 0.717) is 24.1 Å². The highest BCUT2D eigenvalue weighted by Gasteiger charge is 2.22. The SMILES string of the molecule is CC(CC(=O)Nc1ccc(N(C)C)cn1)C1CCCNC1. The van der Waals surface area contributed by atoms with Crippen molar-refractivity contribution < 1.29 is 4.79 Å². The molecule has 21 heavy (non-hydrogen) atoms. The predicted molar refractivity (Wildman–Crippen MR) is 86.6 cm³/mol. The summed E-state index contributed by atoms with van der Waals surface area (Å²) in [6, 6.07) is 3.80. The fourth-order valence-corrected chi connectivity index (χ4v) is 2.74. The van der Waals surface area contributed by atoms with Gasteiger partial charge in [-0.25, -0.2) is 4.98 Å². The molecule has 1 aliphatic heterocycles. The van der Waals surface area contributed by atoms with Gasteiger partial charge >= 0.3 is 0 Å². The average Bonchev–Trinajstić information content (AvgIpc) is 2.48. The van der Waals surface area contributed by atoms with E-state index in [9.17, 15) is 4.79 Å². The maximum atomic E-state index is 12.1. The number of pyridine rings is 1. The first-order valence-electron chi connectivity index (χ1n) is 7.70. The average molecular weight is 290 g/mol. The minimum absolute atomic E-state index is 0.0539. The Morgan fingerprint density at radius 3 is 2.90 bits per heavy atom. The normalized spacial score (nSPS) is 19.9.